The number of anilines is 1. The van der Waals surface area contributed by atoms with Crippen LogP contribution < -0.4 is 14.8 Å². The molecular formula is C22H18BrNO4. The fourth-order valence-corrected chi connectivity index (χ4v) is 2.66. The van der Waals surface area contributed by atoms with Gasteiger partial charge in [0, 0.05) is 15.7 Å². The summed E-state index contributed by atoms with van der Waals surface area (Å²) in [6.45, 7) is 1.33. The third-order valence-corrected chi connectivity index (χ3v) is 4.33. The van der Waals surface area contributed by atoms with E-state index < -0.39 is 0 Å². The largest absolute Gasteiger partial charge is 0.484 e. The second kappa shape index (κ2) is 9.19. The maximum absolute atomic E-state index is 12.1. The number of rotatable bonds is 7. The first kappa shape index (κ1) is 19.6. The van der Waals surface area contributed by atoms with Gasteiger partial charge in [0.2, 0.25) is 0 Å². The van der Waals surface area contributed by atoms with Gasteiger partial charge in [-0.2, -0.15) is 0 Å². The molecule has 0 unspecified atom stereocenters. The Kier molecular flexibility index (Phi) is 6.45. The van der Waals surface area contributed by atoms with Crippen molar-refractivity contribution in [2.24, 2.45) is 0 Å². The molecule has 0 saturated carbocycles. The zero-order valence-corrected chi connectivity index (χ0v) is 16.7. The summed E-state index contributed by atoms with van der Waals surface area (Å²) in [5.74, 6) is 1.51. The van der Waals surface area contributed by atoms with Crippen molar-refractivity contribution in [1.29, 1.82) is 0 Å². The van der Waals surface area contributed by atoms with Gasteiger partial charge in [-0.3, -0.25) is 9.59 Å². The maximum Gasteiger partial charge on any atom is 0.262 e. The number of Topliss-reactive ketones (excluding diaryl/α,β-unsaturated/α-hetero) is 1. The molecule has 3 aromatic rings. The minimum absolute atomic E-state index is 0.0552. The first-order valence-corrected chi connectivity index (χ1v) is 9.36. The molecule has 0 aliphatic rings. The first-order chi connectivity index (χ1) is 13.5. The van der Waals surface area contributed by atoms with Crippen LogP contribution in [0, 0.1) is 0 Å². The number of amides is 1. The number of hydrogen-bond donors (Lipinski definition) is 1. The predicted octanol–water partition coefficient (Wildman–Crippen LogP) is 5.46. The van der Waals surface area contributed by atoms with E-state index in [-0.39, 0.29) is 18.3 Å². The molecule has 3 aromatic carbocycles. The summed E-state index contributed by atoms with van der Waals surface area (Å²) >= 11 is 3.38. The van der Waals surface area contributed by atoms with Gasteiger partial charge in [-0.1, -0.05) is 28.1 Å². The van der Waals surface area contributed by atoms with E-state index in [0.717, 1.165) is 10.2 Å². The highest BCUT2D eigenvalue weighted by Gasteiger charge is 2.06. The van der Waals surface area contributed by atoms with Crippen LogP contribution in [0.1, 0.15) is 17.3 Å². The quantitative estimate of drug-likeness (QED) is 0.496. The third kappa shape index (κ3) is 5.69. The van der Waals surface area contributed by atoms with Crippen molar-refractivity contribution in [3.05, 3.63) is 82.8 Å². The summed E-state index contributed by atoms with van der Waals surface area (Å²) in [6, 6.07) is 21.3. The SMILES string of the molecule is CC(=O)c1cccc(OCC(=O)Nc2ccc(Oc3ccc(Br)cc3)cc2)c1. The molecule has 5 nitrogen and oxygen atoms in total. The molecule has 0 atom stereocenters. The molecule has 0 radical (unpaired) electrons. The predicted molar refractivity (Wildman–Crippen MR) is 111 cm³/mol. The highest BCUT2D eigenvalue weighted by molar-refractivity contribution is 9.10. The van der Waals surface area contributed by atoms with Crippen LogP contribution in [0.15, 0.2) is 77.3 Å². The smallest absolute Gasteiger partial charge is 0.262 e. The number of carbonyl (C=O) groups is 2. The second-order valence-electron chi connectivity index (χ2n) is 6.00. The van der Waals surface area contributed by atoms with Crippen LogP contribution in [0.4, 0.5) is 5.69 Å². The standard InChI is InChI=1S/C22H18BrNO4/c1-15(25)16-3-2-4-21(13-16)27-14-22(26)24-18-7-11-20(12-8-18)28-19-9-5-17(23)6-10-19/h2-13H,14H2,1H3,(H,24,26). The van der Waals surface area contributed by atoms with Gasteiger partial charge in [0.05, 0.1) is 0 Å². The zero-order valence-electron chi connectivity index (χ0n) is 15.1. The van der Waals surface area contributed by atoms with Gasteiger partial charge in [-0.05, 0) is 67.6 Å². The number of carbonyl (C=O) groups excluding carboxylic acids is 2. The van der Waals surface area contributed by atoms with Crippen molar-refractivity contribution in [3.63, 3.8) is 0 Å². The van der Waals surface area contributed by atoms with Gasteiger partial charge in [0.25, 0.3) is 5.91 Å². The first-order valence-electron chi connectivity index (χ1n) is 8.57. The van der Waals surface area contributed by atoms with E-state index in [2.05, 4.69) is 21.2 Å². The fourth-order valence-electron chi connectivity index (χ4n) is 2.40. The van der Waals surface area contributed by atoms with E-state index in [4.69, 9.17) is 9.47 Å². The van der Waals surface area contributed by atoms with Crippen LogP contribution >= 0.6 is 15.9 Å². The summed E-state index contributed by atoms with van der Waals surface area (Å²) in [5.41, 5.74) is 1.17. The molecule has 0 aliphatic carbocycles. The van der Waals surface area contributed by atoms with Crippen LogP contribution in [0.2, 0.25) is 0 Å². The Bertz CT molecular complexity index is 969. The van der Waals surface area contributed by atoms with Crippen molar-refractivity contribution in [3.8, 4) is 17.2 Å². The minimum Gasteiger partial charge on any atom is -0.484 e. The molecule has 0 aromatic heterocycles. The Morgan fingerprint density at radius 2 is 1.54 bits per heavy atom. The Morgan fingerprint density at radius 1 is 0.893 bits per heavy atom. The molecule has 0 bridgehead atoms. The second-order valence-corrected chi connectivity index (χ2v) is 6.92. The van der Waals surface area contributed by atoms with Crippen LogP contribution in [0.5, 0.6) is 17.2 Å². The van der Waals surface area contributed by atoms with Crippen LogP contribution in [0.25, 0.3) is 0 Å². The molecule has 0 heterocycles. The Hall–Kier alpha value is -3.12. The minimum atomic E-state index is -0.296. The normalized spacial score (nSPS) is 10.2. The van der Waals surface area contributed by atoms with Gasteiger partial charge in [0.1, 0.15) is 17.2 Å². The molecule has 6 heteroatoms. The van der Waals surface area contributed by atoms with E-state index in [1.807, 2.05) is 24.3 Å². The van der Waals surface area contributed by atoms with E-state index in [1.54, 1.807) is 48.5 Å². The molecule has 1 N–H and O–H groups in total. The van der Waals surface area contributed by atoms with Crippen molar-refractivity contribution in [2.45, 2.75) is 6.92 Å². The number of benzene rings is 3. The van der Waals surface area contributed by atoms with Gasteiger partial charge in [-0.25, -0.2) is 0 Å². The van der Waals surface area contributed by atoms with Crippen LogP contribution in [-0.4, -0.2) is 18.3 Å². The molecule has 0 saturated heterocycles. The third-order valence-electron chi connectivity index (χ3n) is 3.80. The zero-order chi connectivity index (χ0) is 19.9. The summed E-state index contributed by atoms with van der Waals surface area (Å²) < 4.78 is 12.2. The molecule has 0 spiro atoms. The number of halogens is 1. The lowest BCUT2D eigenvalue weighted by Crippen LogP contribution is -2.20. The van der Waals surface area contributed by atoms with Crippen molar-refractivity contribution in [2.75, 3.05) is 11.9 Å². The number of ketones is 1. The average Bonchev–Trinajstić information content (AvgIpc) is 2.70. The molecule has 0 aliphatic heterocycles. The van der Waals surface area contributed by atoms with Crippen LogP contribution in [0.3, 0.4) is 0 Å². The van der Waals surface area contributed by atoms with Gasteiger partial charge < -0.3 is 14.8 Å². The maximum atomic E-state index is 12.1. The average molecular weight is 440 g/mol. The molecule has 142 valence electrons. The Balaban J connectivity index is 1.52. The number of nitrogens with one attached hydrogen (secondary N) is 1. The highest BCUT2D eigenvalue weighted by Crippen LogP contribution is 2.24. The topological polar surface area (TPSA) is 64.6 Å². The van der Waals surface area contributed by atoms with Gasteiger partial charge >= 0.3 is 0 Å². The van der Waals surface area contributed by atoms with Gasteiger partial charge in [0.15, 0.2) is 12.4 Å². The van der Waals surface area contributed by atoms with E-state index in [0.29, 0.717) is 22.7 Å². The van der Waals surface area contributed by atoms with Crippen molar-refractivity contribution < 1.29 is 19.1 Å². The van der Waals surface area contributed by atoms with E-state index in [1.165, 1.54) is 6.92 Å². The van der Waals surface area contributed by atoms with Crippen molar-refractivity contribution >= 4 is 33.3 Å². The summed E-state index contributed by atoms with van der Waals surface area (Å²) in [4.78, 5) is 23.5. The lowest BCUT2D eigenvalue weighted by atomic mass is 10.1. The molecule has 1 amide bonds. The van der Waals surface area contributed by atoms with Gasteiger partial charge in [-0.15, -0.1) is 0 Å². The number of hydrogen-bond acceptors (Lipinski definition) is 4. The van der Waals surface area contributed by atoms with E-state index in [9.17, 15) is 9.59 Å². The Labute approximate surface area is 171 Å². The lowest BCUT2D eigenvalue weighted by Gasteiger charge is -2.09. The lowest BCUT2D eigenvalue weighted by molar-refractivity contribution is -0.118. The van der Waals surface area contributed by atoms with E-state index >= 15 is 0 Å². The summed E-state index contributed by atoms with van der Waals surface area (Å²) in [6.07, 6.45) is 0. The number of ether oxygens (including phenoxy) is 2. The highest BCUT2D eigenvalue weighted by atomic mass is 79.9. The van der Waals surface area contributed by atoms with Crippen LogP contribution in [-0.2, 0) is 4.79 Å². The Morgan fingerprint density at radius 3 is 2.18 bits per heavy atom. The summed E-state index contributed by atoms with van der Waals surface area (Å²) in [5, 5.41) is 2.76. The fraction of sp³-hybridized carbons (Fsp3) is 0.0909. The molecular weight excluding hydrogens is 422 g/mol. The molecule has 0 fully saturated rings. The van der Waals surface area contributed by atoms with Crippen molar-refractivity contribution in [1.82, 2.24) is 0 Å². The monoisotopic (exact) mass is 439 g/mol. The molecule has 3 rings (SSSR count). The summed E-state index contributed by atoms with van der Waals surface area (Å²) in [7, 11) is 0. The molecule has 28 heavy (non-hydrogen) atoms.